The number of benzene rings is 1. The second-order valence-corrected chi connectivity index (χ2v) is 7.68. The van der Waals surface area contributed by atoms with Crippen LogP contribution in [0.4, 0.5) is 0 Å². The number of thiazole rings is 1. The number of pyridine rings is 1. The van der Waals surface area contributed by atoms with Gasteiger partial charge in [-0.3, -0.25) is 0 Å². The van der Waals surface area contributed by atoms with Crippen LogP contribution in [-0.2, 0) is 10.8 Å². The van der Waals surface area contributed by atoms with Crippen LogP contribution in [0.1, 0.15) is 19.4 Å². The Hall–Kier alpha value is -2.31. The van der Waals surface area contributed by atoms with Gasteiger partial charge in [0.2, 0.25) is 0 Å². The van der Waals surface area contributed by atoms with E-state index in [1.54, 1.807) is 6.20 Å². The molecule has 128 valence electrons. The summed E-state index contributed by atoms with van der Waals surface area (Å²) in [6.07, 6.45) is 3.74. The first-order valence-corrected chi connectivity index (χ1v) is 10.1. The average molecular weight is 370 g/mol. The van der Waals surface area contributed by atoms with E-state index >= 15 is 0 Å². The van der Waals surface area contributed by atoms with Gasteiger partial charge in [0.05, 0.1) is 17.4 Å². The topological polar surface area (TPSA) is 47.3 Å². The minimum atomic E-state index is -1.25. The molecule has 0 saturated heterocycles. The highest BCUT2D eigenvalue weighted by Crippen LogP contribution is 2.29. The lowest BCUT2D eigenvalue weighted by Crippen LogP contribution is -1.91. The van der Waals surface area contributed by atoms with Crippen molar-refractivity contribution in [3.8, 4) is 11.3 Å². The Balaban J connectivity index is 0.000000880. The molecule has 0 fully saturated rings. The number of aryl methyl sites for hydroxylation is 1. The first-order valence-electron chi connectivity index (χ1n) is 8.09. The van der Waals surface area contributed by atoms with Gasteiger partial charge in [-0.05, 0) is 36.8 Å². The second-order valence-electron chi connectivity index (χ2n) is 5.17. The molecule has 0 aliphatic rings. The van der Waals surface area contributed by atoms with E-state index in [1.807, 2.05) is 73.3 Å². The van der Waals surface area contributed by atoms with E-state index in [4.69, 9.17) is 0 Å². The largest absolute Gasteiger partial charge is 0.247 e. The molecule has 1 atom stereocenters. The zero-order valence-corrected chi connectivity index (χ0v) is 16.0. The summed E-state index contributed by atoms with van der Waals surface area (Å²) in [5.74, 6) is 0. The summed E-state index contributed by atoms with van der Waals surface area (Å²) in [4.78, 5) is 5.34. The van der Waals surface area contributed by atoms with Crippen LogP contribution in [0.25, 0.3) is 16.8 Å². The van der Waals surface area contributed by atoms with E-state index in [0.717, 1.165) is 21.7 Å². The summed E-state index contributed by atoms with van der Waals surface area (Å²) in [6.45, 7) is 6.05. The summed E-state index contributed by atoms with van der Waals surface area (Å²) in [5.41, 5.74) is 3.95. The fourth-order valence-corrected chi connectivity index (χ4v) is 4.51. The molecule has 3 aromatic heterocycles. The van der Waals surface area contributed by atoms with Gasteiger partial charge in [0, 0.05) is 22.0 Å². The van der Waals surface area contributed by atoms with Gasteiger partial charge in [0.25, 0.3) is 0 Å². The van der Waals surface area contributed by atoms with Gasteiger partial charge < -0.3 is 0 Å². The highest BCUT2D eigenvalue weighted by atomic mass is 32.2. The molecule has 25 heavy (non-hydrogen) atoms. The Morgan fingerprint density at radius 3 is 2.64 bits per heavy atom. The Kier molecular flexibility index (Phi) is 5.40. The van der Waals surface area contributed by atoms with Crippen molar-refractivity contribution >= 4 is 27.7 Å². The molecule has 0 N–H and O–H groups in total. The van der Waals surface area contributed by atoms with Crippen LogP contribution in [0, 0.1) is 6.92 Å². The predicted octanol–water partition coefficient (Wildman–Crippen LogP) is 4.96. The van der Waals surface area contributed by atoms with Gasteiger partial charge in [0.1, 0.15) is 10.8 Å². The molecular formula is C19H19N3OS2. The van der Waals surface area contributed by atoms with Crippen LogP contribution in [-0.4, -0.2) is 18.8 Å². The molecule has 4 nitrogen and oxygen atoms in total. The molecule has 6 heteroatoms. The van der Waals surface area contributed by atoms with Crippen molar-refractivity contribution in [3.05, 3.63) is 65.8 Å². The highest BCUT2D eigenvalue weighted by molar-refractivity contribution is 7.87. The number of aromatic nitrogens is 3. The van der Waals surface area contributed by atoms with Crippen molar-refractivity contribution < 1.29 is 4.21 Å². The smallest absolute Gasteiger partial charge is 0.186 e. The lowest BCUT2D eigenvalue weighted by atomic mass is 10.2. The Bertz CT molecular complexity index is 1010. The Labute approximate surface area is 153 Å². The third-order valence-electron chi connectivity index (χ3n) is 3.55. The van der Waals surface area contributed by atoms with Gasteiger partial charge in [0.15, 0.2) is 4.34 Å². The standard InChI is InChI=1S/C17H13N3OS2.C2H6/c1-12-7-8-20-16(9-12)14(10-18-20)15-11-22-17(19-15)23(21)13-5-3-2-4-6-13;1-2/h2-11H,1H3;1-2H3. The van der Waals surface area contributed by atoms with E-state index in [1.165, 1.54) is 16.9 Å². The van der Waals surface area contributed by atoms with Crippen molar-refractivity contribution in [3.63, 3.8) is 0 Å². The summed E-state index contributed by atoms with van der Waals surface area (Å²) in [5, 5.41) is 6.29. The third kappa shape index (κ3) is 3.55. The first kappa shape index (κ1) is 17.5. The molecule has 0 aliphatic carbocycles. The minimum absolute atomic E-state index is 0.609. The van der Waals surface area contributed by atoms with Crippen LogP contribution in [0.2, 0.25) is 0 Å². The Morgan fingerprint density at radius 1 is 1.12 bits per heavy atom. The lowest BCUT2D eigenvalue weighted by molar-refractivity contribution is 0.682. The summed E-state index contributed by atoms with van der Waals surface area (Å²) in [7, 11) is -1.25. The monoisotopic (exact) mass is 369 g/mol. The summed E-state index contributed by atoms with van der Waals surface area (Å²) < 4.78 is 15.0. The number of rotatable bonds is 3. The third-order valence-corrected chi connectivity index (χ3v) is 6.04. The molecule has 3 heterocycles. The molecule has 0 aliphatic heterocycles. The van der Waals surface area contributed by atoms with Crippen LogP contribution in [0.15, 0.2) is 69.5 Å². The molecule has 1 unspecified atom stereocenters. The van der Waals surface area contributed by atoms with E-state index < -0.39 is 10.8 Å². The van der Waals surface area contributed by atoms with Crippen molar-refractivity contribution in [1.29, 1.82) is 0 Å². The van der Waals surface area contributed by atoms with Crippen LogP contribution < -0.4 is 0 Å². The molecule has 0 bridgehead atoms. The molecule has 4 aromatic rings. The van der Waals surface area contributed by atoms with Gasteiger partial charge in [-0.25, -0.2) is 13.7 Å². The molecule has 0 saturated carbocycles. The van der Waals surface area contributed by atoms with Crippen molar-refractivity contribution in [2.24, 2.45) is 0 Å². The van der Waals surface area contributed by atoms with E-state index in [9.17, 15) is 4.21 Å². The highest BCUT2D eigenvalue weighted by Gasteiger charge is 2.15. The molecule has 1 aromatic carbocycles. The van der Waals surface area contributed by atoms with Gasteiger partial charge >= 0.3 is 0 Å². The fraction of sp³-hybridized carbons (Fsp3) is 0.158. The quantitative estimate of drug-likeness (QED) is 0.513. The number of nitrogens with zero attached hydrogens (tertiary/aromatic N) is 3. The average Bonchev–Trinajstić information content (AvgIpc) is 3.30. The number of hydrogen-bond acceptors (Lipinski definition) is 4. The molecule has 0 amide bonds. The van der Waals surface area contributed by atoms with Crippen molar-refractivity contribution in [2.75, 3.05) is 0 Å². The van der Waals surface area contributed by atoms with Gasteiger partial charge in [-0.1, -0.05) is 32.0 Å². The van der Waals surface area contributed by atoms with E-state index in [0.29, 0.717) is 4.34 Å². The fourth-order valence-electron chi connectivity index (χ4n) is 2.39. The van der Waals surface area contributed by atoms with Crippen LogP contribution in [0.3, 0.4) is 0 Å². The van der Waals surface area contributed by atoms with Crippen molar-refractivity contribution in [1.82, 2.24) is 14.6 Å². The maximum absolute atomic E-state index is 12.6. The maximum Gasteiger partial charge on any atom is 0.186 e. The summed E-state index contributed by atoms with van der Waals surface area (Å²) in [6, 6.07) is 13.5. The van der Waals surface area contributed by atoms with E-state index in [-0.39, 0.29) is 0 Å². The van der Waals surface area contributed by atoms with Crippen LogP contribution >= 0.6 is 11.3 Å². The molecule has 4 rings (SSSR count). The maximum atomic E-state index is 12.6. The normalized spacial score (nSPS) is 11.8. The number of hydrogen-bond donors (Lipinski definition) is 0. The predicted molar refractivity (Wildman–Crippen MR) is 104 cm³/mol. The summed E-state index contributed by atoms with van der Waals surface area (Å²) >= 11 is 1.42. The van der Waals surface area contributed by atoms with E-state index in [2.05, 4.69) is 16.1 Å². The Morgan fingerprint density at radius 2 is 1.88 bits per heavy atom. The zero-order valence-electron chi connectivity index (χ0n) is 14.3. The first-order chi connectivity index (χ1) is 12.2. The van der Waals surface area contributed by atoms with Crippen LogP contribution in [0.5, 0.6) is 0 Å². The lowest BCUT2D eigenvalue weighted by Gasteiger charge is -1.98. The zero-order chi connectivity index (χ0) is 17.8. The minimum Gasteiger partial charge on any atom is -0.247 e. The van der Waals surface area contributed by atoms with Gasteiger partial charge in [-0.2, -0.15) is 5.10 Å². The second kappa shape index (κ2) is 7.72. The molecule has 0 radical (unpaired) electrons. The van der Waals surface area contributed by atoms with Crippen molar-refractivity contribution in [2.45, 2.75) is 30.0 Å². The SMILES string of the molecule is CC.Cc1ccn2ncc(-c3csc(S(=O)c4ccccc4)n3)c2c1. The molecule has 0 spiro atoms. The number of fused-ring (bicyclic) bond motifs is 1. The molecular weight excluding hydrogens is 350 g/mol. The van der Waals surface area contributed by atoms with Gasteiger partial charge in [-0.15, -0.1) is 11.3 Å².